The van der Waals surface area contributed by atoms with Crippen molar-refractivity contribution in [1.29, 1.82) is 0 Å². The largest absolute Gasteiger partial charge is 0.416 e. The molecule has 2 N–H and O–H groups in total. The van der Waals surface area contributed by atoms with Crippen molar-refractivity contribution in [3.05, 3.63) is 65.7 Å². The van der Waals surface area contributed by atoms with E-state index in [9.17, 15) is 13.2 Å². The summed E-state index contributed by atoms with van der Waals surface area (Å²) in [5, 5.41) is 4.45. The fraction of sp³-hybridized carbons (Fsp3) is 0.167. The molecular formula is C18H16F3N3. The number of nitrogens with zero attached hydrogens (tertiary/aromatic N) is 2. The Bertz CT molecular complexity index is 831. The number of hydrogen-bond donors (Lipinski definition) is 1. The van der Waals surface area contributed by atoms with Crippen molar-refractivity contribution in [2.24, 2.45) is 12.8 Å². The van der Waals surface area contributed by atoms with Gasteiger partial charge in [-0.05, 0) is 29.3 Å². The molecule has 0 unspecified atom stereocenters. The molecule has 3 aromatic rings. The van der Waals surface area contributed by atoms with Gasteiger partial charge in [0.1, 0.15) is 0 Å². The predicted molar refractivity (Wildman–Crippen MR) is 87.0 cm³/mol. The first-order valence-electron chi connectivity index (χ1n) is 7.39. The molecule has 0 aliphatic carbocycles. The van der Waals surface area contributed by atoms with Crippen molar-refractivity contribution in [1.82, 2.24) is 9.78 Å². The second kappa shape index (κ2) is 6.13. The standard InChI is InChI=1S/C18H16F3N3/c1-24-17(14-6-8-15(9-7-14)18(19,20)21)10-16(23-24)13-4-2-12(11-22)3-5-13/h2-10H,11,22H2,1H3. The van der Waals surface area contributed by atoms with Crippen LogP contribution in [0.3, 0.4) is 0 Å². The number of halogens is 3. The lowest BCUT2D eigenvalue weighted by Gasteiger charge is -2.07. The third kappa shape index (κ3) is 3.19. The molecule has 1 heterocycles. The minimum absolute atomic E-state index is 0.472. The van der Waals surface area contributed by atoms with E-state index in [-0.39, 0.29) is 0 Å². The molecule has 0 aliphatic heterocycles. The van der Waals surface area contributed by atoms with Crippen LogP contribution in [0.15, 0.2) is 54.6 Å². The van der Waals surface area contributed by atoms with Crippen LogP contribution in [0.25, 0.3) is 22.5 Å². The molecule has 3 rings (SSSR count). The summed E-state index contributed by atoms with van der Waals surface area (Å²) in [6.45, 7) is 0.472. The number of aromatic nitrogens is 2. The van der Waals surface area contributed by atoms with E-state index in [1.54, 1.807) is 11.7 Å². The van der Waals surface area contributed by atoms with E-state index >= 15 is 0 Å². The van der Waals surface area contributed by atoms with Gasteiger partial charge in [0.15, 0.2) is 0 Å². The Morgan fingerprint density at radius 1 is 0.958 bits per heavy atom. The first-order valence-corrected chi connectivity index (χ1v) is 7.39. The third-order valence-electron chi connectivity index (χ3n) is 3.87. The zero-order chi connectivity index (χ0) is 17.3. The number of alkyl halides is 3. The maximum Gasteiger partial charge on any atom is 0.416 e. The van der Waals surface area contributed by atoms with Gasteiger partial charge >= 0.3 is 6.18 Å². The van der Waals surface area contributed by atoms with E-state index in [0.717, 1.165) is 34.6 Å². The SMILES string of the molecule is Cn1nc(-c2ccc(CN)cc2)cc1-c1ccc(C(F)(F)F)cc1. The normalized spacial score (nSPS) is 11.7. The van der Waals surface area contributed by atoms with E-state index in [0.29, 0.717) is 12.1 Å². The third-order valence-corrected chi connectivity index (χ3v) is 3.87. The molecule has 2 aromatic carbocycles. The van der Waals surface area contributed by atoms with Crippen molar-refractivity contribution >= 4 is 0 Å². The summed E-state index contributed by atoms with van der Waals surface area (Å²) in [5.41, 5.74) is 9.08. The molecule has 0 fully saturated rings. The Labute approximate surface area is 137 Å². The first kappa shape index (κ1) is 16.3. The Hall–Kier alpha value is -2.60. The fourth-order valence-corrected chi connectivity index (χ4v) is 2.52. The van der Waals surface area contributed by atoms with E-state index in [1.165, 1.54) is 12.1 Å². The number of nitrogens with two attached hydrogens (primary N) is 1. The van der Waals surface area contributed by atoms with Crippen LogP contribution in [0, 0.1) is 0 Å². The van der Waals surface area contributed by atoms with Crippen LogP contribution in [0.5, 0.6) is 0 Å². The smallest absolute Gasteiger partial charge is 0.326 e. The van der Waals surface area contributed by atoms with Crippen LogP contribution in [-0.4, -0.2) is 9.78 Å². The summed E-state index contributed by atoms with van der Waals surface area (Å²) in [7, 11) is 1.77. The van der Waals surface area contributed by atoms with Crippen LogP contribution >= 0.6 is 0 Å². The molecular weight excluding hydrogens is 315 g/mol. The van der Waals surface area contributed by atoms with Crippen LogP contribution in [0.2, 0.25) is 0 Å². The quantitative estimate of drug-likeness (QED) is 0.780. The number of aryl methyl sites for hydroxylation is 1. The number of benzene rings is 2. The predicted octanol–water partition coefficient (Wildman–Crippen LogP) is 4.23. The van der Waals surface area contributed by atoms with Crippen molar-refractivity contribution < 1.29 is 13.2 Å². The monoisotopic (exact) mass is 331 g/mol. The first-order chi connectivity index (χ1) is 11.4. The highest BCUT2D eigenvalue weighted by Crippen LogP contribution is 2.32. The molecule has 0 spiro atoms. The van der Waals surface area contributed by atoms with Gasteiger partial charge in [-0.2, -0.15) is 18.3 Å². The minimum Gasteiger partial charge on any atom is -0.326 e. The van der Waals surface area contributed by atoms with E-state index in [4.69, 9.17) is 5.73 Å². The Morgan fingerprint density at radius 3 is 2.08 bits per heavy atom. The van der Waals surface area contributed by atoms with Gasteiger partial charge in [-0.25, -0.2) is 0 Å². The van der Waals surface area contributed by atoms with Crippen molar-refractivity contribution in [3.63, 3.8) is 0 Å². The second-order valence-corrected chi connectivity index (χ2v) is 5.51. The van der Waals surface area contributed by atoms with Gasteiger partial charge in [0, 0.05) is 19.2 Å². The maximum atomic E-state index is 12.7. The zero-order valence-corrected chi connectivity index (χ0v) is 13.0. The highest BCUT2D eigenvalue weighted by molar-refractivity contribution is 5.69. The van der Waals surface area contributed by atoms with E-state index in [1.807, 2.05) is 30.3 Å². The molecule has 0 saturated carbocycles. The lowest BCUT2D eigenvalue weighted by atomic mass is 10.1. The van der Waals surface area contributed by atoms with Gasteiger partial charge in [-0.15, -0.1) is 0 Å². The molecule has 0 bridgehead atoms. The molecule has 6 heteroatoms. The van der Waals surface area contributed by atoms with Crippen LogP contribution in [-0.2, 0) is 19.8 Å². The summed E-state index contributed by atoms with van der Waals surface area (Å²) in [6.07, 6.45) is -4.33. The molecule has 1 aromatic heterocycles. The van der Waals surface area contributed by atoms with E-state index < -0.39 is 11.7 Å². The Balaban J connectivity index is 1.93. The van der Waals surface area contributed by atoms with Gasteiger partial charge in [0.05, 0.1) is 17.0 Å². The minimum atomic E-state index is -4.33. The van der Waals surface area contributed by atoms with Crippen molar-refractivity contribution in [2.75, 3.05) is 0 Å². The van der Waals surface area contributed by atoms with Gasteiger partial charge in [0.2, 0.25) is 0 Å². The lowest BCUT2D eigenvalue weighted by Crippen LogP contribution is -2.04. The molecule has 0 atom stereocenters. The highest BCUT2D eigenvalue weighted by atomic mass is 19.4. The van der Waals surface area contributed by atoms with Gasteiger partial charge in [0.25, 0.3) is 0 Å². The molecule has 3 nitrogen and oxygen atoms in total. The average molecular weight is 331 g/mol. The Kier molecular flexibility index (Phi) is 4.15. The fourth-order valence-electron chi connectivity index (χ4n) is 2.52. The topological polar surface area (TPSA) is 43.8 Å². The molecule has 24 heavy (non-hydrogen) atoms. The maximum absolute atomic E-state index is 12.7. The number of rotatable bonds is 3. The highest BCUT2D eigenvalue weighted by Gasteiger charge is 2.30. The summed E-state index contributed by atoms with van der Waals surface area (Å²) in [5.74, 6) is 0. The van der Waals surface area contributed by atoms with Crippen LogP contribution < -0.4 is 5.73 Å². The second-order valence-electron chi connectivity index (χ2n) is 5.51. The van der Waals surface area contributed by atoms with Gasteiger partial charge in [-0.1, -0.05) is 36.4 Å². The van der Waals surface area contributed by atoms with E-state index in [2.05, 4.69) is 5.10 Å². The molecule has 0 radical (unpaired) electrons. The molecule has 0 saturated heterocycles. The summed E-state index contributed by atoms with van der Waals surface area (Å²) in [6, 6.07) is 14.7. The molecule has 0 amide bonds. The lowest BCUT2D eigenvalue weighted by molar-refractivity contribution is -0.137. The molecule has 0 aliphatic rings. The number of hydrogen-bond acceptors (Lipinski definition) is 2. The van der Waals surface area contributed by atoms with Crippen molar-refractivity contribution in [3.8, 4) is 22.5 Å². The van der Waals surface area contributed by atoms with Gasteiger partial charge < -0.3 is 5.73 Å². The summed E-state index contributed by atoms with van der Waals surface area (Å²) >= 11 is 0. The van der Waals surface area contributed by atoms with Crippen LogP contribution in [0.4, 0.5) is 13.2 Å². The molecule has 124 valence electrons. The summed E-state index contributed by atoms with van der Waals surface area (Å²) in [4.78, 5) is 0. The van der Waals surface area contributed by atoms with Crippen LogP contribution in [0.1, 0.15) is 11.1 Å². The zero-order valence-electron chi connectivity index (χ0n) is 13.0. The average Bonchev–Trinajstić information content (AvgIpc) is 2.96. The summed E-state index contributed by atoms with van der Waals surface area (Å²) < 4.78 is 39.6. The van der Waals surface area contributed by atoms with Crippen molar-refractivity contribution in [2.45, 2.75) is 12.7 Å². The van der Waals surface area contributed by atoms with Gasteiger partial charge in [-0.3, -0.25) is 4.68 Å². The Morgan fingerprint density at radius 2 is 1.54 bits per heavy atom.